The van der Waals surface area contributed by atoms with E-state index in [-0.39, 0.29) is 17.1 Å². The van der Waals surface area contributed by atoms with Gasteiger partial charge in [0.25, 0.3) is 0 Å². The first-order chi connectivity index (χ1) is 5.20. The number of hydrogen-bond donors (Lipinski definition) is 0. The summed E-state index contributed by atoms with van der Waals surface area (Å²) in [6, 6.07) is 0. The maximum absolute atomic E-state index is 3.47. The monoisotopic (exact) mass is 237 g/mol. The van der Waals surface area contributed by atoms with Gasteiger partial charge in [0.15, 0.2) is 0 Å². The van der Waals surface area contributed by atoms with E-state index < -0.39 is 0 Å². The van der Waals surface area contributed by atoms with Gasteiger partial charge in [-0.1, -0.05) is 0 Å². The van der Waals surface area contributed by atoms with Crippen LogP contribution in [0.25, 0.3) is 0 Å². The van der Waals surface area contributed by atoms with Crippen LogP contribution in [-0.2, 0) is 17.1 Å². The van der Waals surface area contributed by atoms with Crippen molar-refractivity contribution < 1.29 is 17.1 Å². The molecular formula is C9H24CuN3-3. The summed E-state index contributed by atoms with van der Waals surface area (Å²) in [4.78, 5) is 5.25. The number of hydrogen-bond acceptors (Lipinski definition) is 3. The molecule has 89 valence electrons. The third kappa shape index (κ3) is 8400. The molecule has 1 radical (unpaired) electrons. The normalized spacial score (nSPS) is 8.31. The molecule has 0 aliphatic carbocycles. The summed E-state index contributed by atoms with van der Waals surface area (Å²) >= 11 is 0. The molecule has 0 aliphatic rings. The molecule has 0 fully saturated rings. The molecule has 0 aromatic rings. The minimum Gasteiger partial charge on any atom is -0.464 e. The smallest absolute Gasteiger partial charge is 0 e. The van der Waals surface area contributed by atoms with E-state index in [1.807, 2.05) is 42.3 Å². The molecule has 0 amide bonds. The van der Waals surface area contributed by atoms with Gasteiger partial charge in [-0.25, -0.2) is 0 Å². The third-order valence-corrected chi connectivity index (χ3v) is 0. The van der Waals surface area contributed by atoms with Crippen LogP contribution in [0.5, 0.6) is 0 Å². The van der Waals surface area contributed by atoms with Gasteiger partial charge in [-0.15, -0.1) is 0 Å². The Morgan fingerprint density at radius 1 is 0.538 bits per heavy atom. The SMILES string of the molecule is [CH2-]N(C)C.[CH2-]N(C)C.[CH2-]N(C)C.[Cu]. The van der Waals surface area contributed by atoms with Crippen molar-refractivity contribution in [1.29, 1.82) is 0 Å². The van der Waals surface area contributed by atoms with Gasteiger partial charge >= 0.3 is 0 Å². The van der Waals surface area contributed by atoms with Gasteiger partial charge in [0, 0.05) is 17.1 Å². The second kappa shape index (κ2) is 18.2. The predicted molar refractivity (Wildman–Crippen MR) is 57.1 cm³/mol. The van der Waals surface area contributed by atoms with Crippen LogP contribution in [0.15, 0.2) is 0 Å². The van der Waals surface area contributed by atoms with E-state index in [2.05, 4.69) is 21.1 Å². The van der Waals surface area contributed by atoms with Crippen molar-refractivity contribution in [3.63, 3.8) is 0 Å². The van der Waals surface area contributed by atoms with Crippen LogP contribution in [0.1, 0.15) is 0 Å². The average Bonchev–Trinajstić information content (AvgIpc) is 1.54. The largest absolute Gasteiger partial charge is 0.464 e. The molecule has 0 spiro atoms. The summed E-state index contributed by atoms with van der Waals surface area (Å²) in [6.07, 6.45) is 0. The van der Waals surface area contributed by atoms with E-state index in [1.165, 1.54) is 0 Å². The van der Waals surface area contributed by atoms with Crippen molar-refractivity contribution in [3.8, 4) is 0 Å². The van der Waals surface area contributed by atoms with E-state index in [4.69, 9.17) is 0 Å². The zero-order valence-corrected chi connectivity index (χ0v) is 10.7. The van der Waals surface area contributed by atoms with Crippen molar-refractivity contribution in [2.24, 2.45) is 0 Å². The van der Waals surface area contributed by atoms with Gasteiger partial charge in [0.05, 0.1) is 0 Å². The first kappa shape index (κ1) is 23.3. The fraction of sp³-hybridized carbons (Fsp3) is 0.667. The maximum Gasteiger partial charge on any atom is 0 e. The maximum atomic E-state index is 3.47. The van der Waals surface area contributed by atoms with E-state index in [0.717, 1.165) is 0 Å². The quantitative estimate of drug-likeness (QED) is 0.460. The molecule has 4 heteroatoms. The van der Waals surface area contributed by atoms with E-state index in [9.17, 15) is 0 Å². The molecule has 0 saturated carbocycles. The first-order valence-electron chi connectivity index (χ1n) is 3.63. The third-order valence-electron chi connectivity index (χ3n) is 0. The molecular weight excluding hydrogens is 214 g/mol. The summed E-state index contributed by atoms with van der Waals surface area (Å²) in [5.74, 6) is 0. The van der Waals surface area contributed by atoms with Crippen LogP contribution in [0.4, 0.5) is 0 Å². The van der Waals surface area contributed by atoms with E-state index in [1.54, 1.807) is 14.7 Å². The Morgan fingerprint density at radius 3 is 0.538 bits per heavy atom. The van der Waals surface area contributed by atoms with Gasteiger partial charge < -0.3 is 14.7 Å². The van der Waals surface area contributed by atoms with Gasteiger partial charge in [-0.05, 0) is 42.3 Å². The molecule has 0 saturated heterocycles. The van der Waals surface area contributed by atoms with Gasteiger partial charge in [-0.3, -0.25) is 21.1 Å². The summed E-state index contributed by atoms with van der Waals surface area (Å²) in [6.45, 7) is 0. The van der Waals surface area contributed by atoms with Gasteiger partial charge in [0.2, 0.25) is 0 Å². The molecule has 0 aromatic carbocycles. The Hall–Kier alpha value is 0.399. The van der Waals surface area contributed by atoms with Crippen molar-refractivity contribution in [2.45, 2.75) is 0 Å². The second-order valence-electron chi connectivity index (χ2n) is 3.24. The van der Waals surface area contributed by atoms with Crippen LogP contribution < -0.4 is 0 Å². The Kier molecular flexibility index (Phi) is 32.7. The van der Waals surface area contributed by atoms with Crippen LogP contribution in [0.2, 0.25) is 0 Å². The van der Waals surface area contributed by atoms with Crippen LogP contribution in [0.3, 0.4) is 0 Å². The first-order valence-corrected chi connectivity index (χ1v) is 3.63. The molecule has 0 N–H and O–H groups in total. The molecule has 0 aromatic heterocycles. The van der Waals surface area contributed by atoms with Crippen molar-refractivity contribution in [2.75, 3.05) is 42.3 Å². The summed E-state index contributed by atoms with van der Waals surface area (Å²) in [5.41, 5.74) is 0. The zero-order chi connectivity index (χ0) is 10.7. The minimum atomic E-state index is 0. The zero-order valence-electron chi connectivity index (χ0n) is 9.76. The molecule has 0 bridgehead atoms. The Morgan fingerprint density at radius 2 is 0.538 bits per heavy atom. The van der Waals surface area contributed by atoms with Gasteiger partial charge in [-0.2, -0.15) is 0 Å². The minimum absolute atomic E-state index is 0. The standard InChI is InChI=1S/3C3H8N.Cu/c3*1-4(2)3;/h3*1H2,2-3H3;/q3*-1;. The van der Waals surface area contributed by atoms with Gasteiger partial charge in [0.1, 0.15) is 0 Å². The molecule has 0 unspecified atom stereocenters. The topological polar surface area (TPSA) is 9.72 Å². The van der Waals surface area contributed by atoms with E-state index in [0.29, 0.717) is 0 Å². The number of rotatable bonds is 0. The fourth-order valence-electron chi connectivity index (χ4n) is 0. The fourth-order valence-corrected chi connectivity index (χ4v) is 0. The molecule has 0 aliphatic heterocycles. The van der Waals surface area contributed by atoms with Crippen molar-refractivity contribution in [3.05, 3.63) is 21.1 Å². The molecule has 0 atom stereocenters. The average molecular weight is 238 g/mol. The molecule has 0 heterocycles. The summed E-state index contributed by atoms with van der Waals surface area (Å²) in [7, 11) is 21.8. The molecule has 3 nitrogen and oxygen atoms in total. The Labute approximate surface area is 95.5 Å². The van der Waals surface area contributed by atoms with Crippen LogP contribution >= 0.6 is 0 Å². The Bertz CT molecular complexity index is 43.4. The molecule has 13 heavy (non-hydrogen) atoms. The summed E-state index contributed by atoms with van der Waals surface area (Å²) < 4.78 is 0. The molecule has 0 rings (SSSR count). The van der Waals surface area contributed by atoms with Crippen LogP contribution in [-0.4, -0.2) is 57.0 Å². The predicted octanol–water partition coefficient (Wildman–Crippen LogP) is 1.02. The van der Waals surface area contributed by atoms with E-state index >= 15 is 0 Å². The van der Waals surface area contributed by atoms with Crippen molar-refractivity contribution >= 4 is 0 Å². The van der Waals surface area contributed by atoms with Crippen molar-refractivity contribution in [1.82, 2.24) is 14.7 Å². The summed E-state index contributed by atoms with van der Waals surface area (Å²) in [5, 5.41) is 0. The Balaban J connectivity index is -0.0000000450. The number of nitrogens with zero attached hydrogens (tertiary/aromatic N) is 3. The van der Waals surface area contributed by atoms with Crippen LogP contribution in [0, 0.1) is 21.1 Å². The second-order valence-corrected chi connectivity index (χ2v) is 3.24.